The number of anilines is 3. The molecule has 0 atom stereocenters. The fourth-order valence-electron chi connectivity index (χ4n) is 8.92. The number of benzene rings is 10. The summed E-state index contributed by atoms with van der Waals surface area (Å²) in [7, 11) is 0. The maximum Gasteiger partial charge on any atom is 0.226 e. The van der Waals surface area contributed by atoms with Crippen molar-refractivity contribution in [1.82, 2.24) is 0 Å². The first-order valence-corrected chi connectivity index (χ1v) is 21.6. The zero-order valence-corrected chi connectivity index (χ0v) is 35.1. The average molecular weight is 819 g/mol. The third kappa shape index (κ3) is 7.46. The predicted molar refractivity (Wildman–Crippen MR) is 270 cm³/mol. The molecule has 64 heavy (non-hydrogen) atoms. The second-order valence-electron chi connectivity index (χ2n) is 16.1. The molecule has 11 rings (SSSR count). The van der Waals surface area contributed by atoms with Crippen molar-refractivity contribution in [2.45, 2.75) is 0 Å². The van der Waals surface area contributed by atoms with Gasteiger partial charge in [-0.25, -0.2) is 4.99 Å². The third-order valence-electron chi connectivity index (χ3n) is 12.1. The average Bonchev–Trinajstić information content (AvgIpc) is 3.36. The fourth-order valence-corrected chi connectivity index (χ4v) is 8.92. The molecule has 1 aliphatic heterocycles. The number of rotatable bonds is 8. The van der Waals surface area contributed by atoms with Gasteiger partial charge in [0, 0.05) is 28.2 Å². The van der Waals surface area contributed by atoms with Crippen LogP contribution in [0, 0.1) is 0 Å². The number of fused-ring (bicyclic) bond motifs is 3. The number of hydrogen-bond donors (Lipinski definition) is 0. The van der Waals surface area contributed by atoms with Crippen molar-refractivity contribution in [1.29, 1.82) is 0 Å². The minimum absolute atomic E-state index is 0.522. The van der Waals surface area contributed by atoms with Crippen molar-refractivity contribution >= 4 is 56.3 Å². The van der Waals surface area contributed by atoms with E-state index in [0.29, 0.717) is 11.6 Å². The molecule has 0 N–H and O–H groups in total. The molecule has 0 saturated carbocycles. The summed E-state index contributed by atoms with van der Waals surface area (Å²) in [6, 6.07) is 82.0. The van der Waals surface area contributed by atoms with E-state index in [0.717, 1.165) is 66.6 Å². The Kier molecular flexibility index (Phi) is 10.0. The quantitative estimate of drug-likeness (QED) is 0.153. The monoisotopic (exact) mass is 818 g/mol. The van der Waals surface area contributed by atoms with Crippen LogP contribution in [0.4, 0.5) is 17.1 Å². The van der Waals surface area contributed by atoms with Gasteiger partial charge in [0.15, 0.2) is 0 Å². The van der Waals surface area contributed by atoms with Crippen LogP contribution in [0.3, 0.4) is 0 Å². The molecule has 0 amide bonds. The van der Waals surface area contributed by atoms with E-state index in [4.69, 9.17) is 9.73 Å². The summed E-state index contributed by atoms with van der Waals surface area (Å²) in [6.07, 6.45) is 3.78. The Bertz CT molecular complexity index is 3420. The maximum atomic E-state index is 6.21. The molecule has 10 aromatic carbocycles. The lowest BCUT2D eigenvalue weighted by molar-refractivity contribution is 0.478. The van der Waals surface area contributed by atoms with Gasteiger partial charge in [-0.15, -0.1) is 0 Å². The standard InChI is InChI=1S/C61H42N2O/c1-42-56-25-14-26-57(59(56)35-36-64-61(62-42)52-30-27-44-17-11-12-22-47(44)38-52)51-29-28-50-40-54(32-31-49(50)37-51)63(53-24-13-23-48(39-53)43-15-5-2-6-16-43)55-33-34-58(45-18-7-3-8-19-45)60(41-55)46-20-9-4-10-21-46/h2-41H,1H2/b36-35-,62-61-. The Balaban J connectivity index is 0.989. The number of nitrogens with zero attached hydrogens (tertiary/aromatic N) is 2. The summed E-state index contributed by atoms with van der Waals surface area (Å²) in [5.41, 5.74) is 16.0. The van der Waals surface area contributed by atoms with Crippen molar-refractivity contribution in [2.24, 2.45) is 4.99 Å². The summed E-state index contributed by atoms with van der Waals surface area (Å²) in [5.74, 6) is 0.522. The van der Waals surface area contributed by atoms with Gasteiger partial charge in [0.05, 0.1) is 12.0 Å². The van der Waals surface area contributed by atoms with Crippen molar-refractivity contribution in [3.63, 3.8) is 0 Å². The van der Waals surface area contributed by atoms with Gasteiger partial charge in [-0.3, -0.25) is 0 Å². The van der Waals surface area contributed by atoms with E-state index < -0.39 is 0 Å². The molecule has 3 heteroatoms. The first-order chi connectivity index (χ1) is 31.6. The molecule has 0 unspecified atom stereocenters. The van der Waals surface area contributed by atoms with E-state index >= 15 is 0 Å². The lowest BCUT2D eigenvalue weighted by atomic mass is 9.92. The summed E-state index contributed by atoms with van der Waals surface area (Å²) >= 11 is 0. The Labute approximate surface area is 373 Å². The first kappa shape index (κ1) is 38.4. The summed E-state index contributed by atoms with van der Waals surface area (Å²) in [5, 5.41) is 4.59. The Morgan fingerprint density at radius 1 is 0.344 bits per heavy atom. The van der Waals surface area contributed by atoms with Crippen LogP contribution in [0.15, 0.2) is 248 Å². The molecule has 0 fully saturated rings. The molecule has 3 nitrogen and oxygen atoms in total. The van der Waals surface area contributed by atoms with Gasteiger partial charge in [-0.1, -0.05) is 183 Å². The van der Waals surface area contributed by atoms with Gasteiger partial charge in [0.2, 0.25) is 5.90 Å². The van der Waals surface area contributed by atoms with Gasteiger partial charge < -0.3 is 9.64 Å². The number of hydrogen-bond acceptors (Lipinski definition) is 3. The van der Waals surface area contributed by atoms with Gasteiger partial charge >= 0.3 is 0 Å². The van der Waals surface area contributed by atoms with E-state index in [9.17, 15) is 0 Å². The first-order valence-electron chi connectivity index (χ1n) is 21.6. The molecule has 1 heterocycles. The highest BCUT2D eigenvalue weighted by Gasteiger charge is 2.19. The van der Waals surface area contributed by atoms with Crippen LogP contribution >= 0.6 is 0 Å². The van der Waals surface area contributed by atoms with Crippen molar-refractivity contribution in [3.8, 4) is 44.5 Å². The summed E-state index contributed by atoms with van der Waals surface area (Å²) in [4.78, 5) is 7.30. The van der Waals surface area contributed by atoms with Gasteiger partial charge in [-0.2, -0.15) is 0 Å². The predicted octanol–water partition coefficient (Wildman–Crippen LogP) is 16.5. The summed E-state index contributed by atoms with van der Waals surface area (Å²) in [6.45, 7) is 4.42. The van der Waals surface area contributed by atoms with Crippen LogP contribution in [0.5, 0.6) is 0 Å². The SMILES string of the molecule is C=C1/N=C(/c2ccc3ccccc3c2)O/C=C\c2c1cccc2-c1ccc2cc(N(c3cccc(-c4ccccc4)c3)c3ccc(-c4ccccc4)c(-c4ccccc4)c3)ccc2c1. The smallest absolute Gasteiger partial charge is 0.226 e. The molecular formula is C61H42N2O. The Morgan fingerprint density at radius 2 is 0.891 bits per heavy atom. The molecule has 0 aromatic heterocycles. The minimum Gasteiger partial charge on any atom is -0.446 e. The molecular weight excluding hydrogens is 777 g/mol. The van der Waals surface area contributed by atoms with E-state index in [1.807, 2.05) is 24.3 Å². The molecule has 0 bridgehead atoms. The highest BCUT2D eigenvalue weighted by molar-refractivity contribution is 6.03. The van der Waals surface area contributed by atoms with Crippen molar-refractivity contribution in [3.05, 3.63) is 260 Å². The largest absolute Gasteiger partial charge is 0.446 e. The van der Waals surface area contributed by atoms with Crippen LogP contribution in [-0.2, 0) is 4.74 Å². The van der Waals surface area contributed by atoms with Gasteiger partial charge in [0.25, 0.3) is 0 Å². The molecule has 0 spiro atoms. The molecule has 1 aliphatic rings. The Hall–Kier alpha value is -8.53. The fraction of sp³-hybridized carbons (Fsp3) is 0. The van der Waals surface area contributed by atoms with Crippen LogP contribution in [0.25, 0.3) is 77.8 Å². The lowest BCUT2D eigenvalue weighted by Gasteiger charge is -2.27. The maximum absolute atomic E-state index is 6.21. The third-order valence-corrected chi connectivity index (χ3v) is 12.1. The van der Waals surface area contributed by atoms with Gasteiger partial charge in [-0.05, 0) is 132 Å². The highest BCUT2D eigenvalue weighted by Crippen LogP contribution is 2.43. The summed E-state index contributed by atoms with van der Waals surface area (Å²) < 4.78 is 6.21. The lowest BCUT2D eigenvalue weighted by Crippen LogP contribution is -2.10. The van der Waals surface area contributed by atoms with Crippen LogP contribution < -0.4 is 4.90 Å². The molecule has 0 aliphatic carbocycles. The topological polar surface area (TPSA) is 24.8 Å². The minimum atomic E-state index is 0.522. The second-order valence-corrected chi connectivity index (χ2v) is 16.1. The second kappa shape index (κ2) is 16.7. The van der Waals surface area contributed by atoms with Crippen LogP contribution in [0.1, 0.15) is 16.7 Å². The van der Waals surface area contributed by atoms with E-state index in [1.54, 1.807) is 6.26 Å². The highest BCUT2D eigenvalue weighted by atomic mass is 16.5. The number of aliphatic imine (C=N–C) groups is 1. The van der Waals surface area contributed by atoms with Crippen LogP contribution in [0.2, 0.25) is 0 Å². The zero-order chi connectivity index (χ0) is 42.8. The molecule has 0 saturated heterocycles. The van der Waals surface area contributed by atoms with Crippen molar-refractivity contribution in [2.75, 3.05) is 4.90 Å². The van der Waals surface area contributed by atoms with Gasteiger partial charge in [0.1, 0.15) is 0 Å². The van der Waals surface area contributed by atoms with Crippen LogP contribution in [-0.4, -0.2) is 5.90 Å². The Morgan fingerprint density at radius 3 is 1.69 bits per heavy atom. The van der Waals surface area contributed by atoms with E-state index in [2.05, 4.69) is 224 Å². The molecule has 0 radical (unpaired) electrons. The van der Waals surface area contributed by atoms with E-state index in [-0.39, 0.29) is 0 Å². The zero-order valence-electron chi connectivity index (χ0n) is 35.1. The van der Waals surface area contributed by atoms with E-state index in [1.165, 1.54) is 33.2 Å². The molecule has 302 valence electrons. The normalized spacial score (nSPS) is 13.6. The molecule has 10 aromatic rings. The number of ether oxygens (including phenoxy) is 1. The van der Waals surface area contributed by atoms with Crippen molar-refractivity contribution < 1.29 is 4.74 Å².